The maximum atomic E-state index is 13.7. The van der Waals surface area contributed by atoms with Gasteiger partial charge in [0, 0.05) is 49.9 Å². The van der Waals surface area contributed by atoms with Crippen molar-refractivity contribution in [2.75, 3.05) is 26.2 Å². The number of hydrogen-bond donors (Lipinski definition) is 1. The number of aromatic hydroxyl groups is 1. The van der Waals surface area contributed by atoms with Crippen LogP contribution in [0, 0.1) is 0 Å². The fraction of sp³-hybridized carbons (Fsp3) is 0.273. The van der Waals surface area contributed by atoms with Crippen LogP contribution >= 0.6 is 23.2 Å². The third-order valence-electron chi connectivity index (χ3n) is 7.77. The van der Waals surface area contributed by atoms with E-state index in [2.05, 4.69) is 4.90 Å². The first-order valence-corrected chi connectivity index (χ1v) is 16.7. The number of amides is 1. The van der Waals surface area contributed by atoms with E-state index in [1.807, 2.05) is 20.8 Å². The van der Waals surface area contributed by atoms with Crippen LogP contribution in [0.15, 0.2) is 71.4 Å². The molecule has 46 heavy (non-hydrogen) atoms. The number of carbonyl (C=O) groups is 2. The quantitative estimate of drug-likeness (QED) is 0.235. The maximum Gasteiger partial charge on any atom is 0.410 e. The Balaban J connectivity index is 1.28. The molecule has 0 radical (unpaired) electrons. The first kappa shape index (κ1) is 31.9. The molecule has 0 saturated carbocycles. The topological polar surface area (TPSA) is 118 Å². The van der Waals surface area contributed by atoms with Crippen LogP contribution < -0.4 is 4.74 Å². The number of carbonyl (C=O) groups excluding carboxylic acids is 2. The largest absolute Gasteiger partial charge is 0.507 e. The molecule has 0 atom stereocenters. The van der Waals surface area contributed by atoms with E-state index in [9.17, 15) is 23.1 Å². The van der Waals surface area contributed by atoms with Crippen molar-refractivity contribution >= 4 is 62.1 Å². The maximum absolute atomic E-state index is 13.7. The highest BCUT2D eigenvalue weighted by atomic mass is 35.5. The number of hydrogen-bond acceptors (Lipinski definition) is 8. The van der Waals surface area contributed by atoms with Gasteiger partial charge >= 0.3 is 6.09 Å². The molecule has 3 heterocycles. The molecule has 4 aromatic rings. The van der Waals surface area contributed by atoms with Crippen LogP contribution in [0.4, 0.5) is 4.79 Å². The molecule has 6 rings (SSSR count). The smallest absolute Gasteiger partial charge is 0.410 e. The molecule has 0 bridgehead atoms. The SMILES string of the molecule is CC(C)(C)OC(=O)N1CCN(Cc2c(O)ccc3c2O/C(=C\c2cn(S(=O)(=O)c4cccc(Cl)c4Cl)c4ccccc24)C3=O)CC1. The van der Waals surface area contributed by atoms with Gasteiger partial charge in [-0.1, -0.05) is 47.5 Å². The van der Waals surface area contributed by atoms with E-state index in [0.29, 0.717) is 48.2 Å². The third kappa shape index (κ3) is 5.95. The van der Waals surface area contributed by atoms with Crippen molar-refractivity contribution in [3.8, 4) is 11.5 Å². The number of piperazine rings is 1. The Morgan fingerprint density at radius 3 is 2.46 bits per heavy atom. The molecule has 10 nitrogen and oxygen atoms in total. The predicted octanol–water partition coefficient (Wildman–Crippen LogP) is 6.56. The van der Waals surface area contributed by atoms with Crippen LogP contribution in [0.5, 0.6) is 11.5 Å². The summed E-state index contributed by atoms with van der Waals surface area (Å²) in [6.07, 6.45) is 2.53. The van der Waals surface area contributed by atoms with E-state index in [-0.39, 0.29) is 50.4 Å². The monoisotopic (exact) mass is 683 g/mol. The summed E-state index contributed by atoms with van der Waals surface area (Å²) >= 11 is 12.4. The minimum atomic E-state index is -4.17. The predicted molar refractivity (Wildman–Crippen MR) is 175 cm³/mol. The molecule has 0 spiro atoms. The van der Waals surface area contributed by atoms with Crippen LogP contribution in [0.1, 0.15) is 42.3 Å². The molecular formula is C33H31Cl2N3O7S. The van der Waals surface area contributed by atoms with Gasteiger partial charge in [0.05, 0.1) is 26.7 Å². The lowest BCUT2D eigenvalue weighted by molar-refractivity contribution is 0.0137. The molecular weight excluding hydrogens is 653 g/mol. The zero-order valence-corrected chi connectivity index (χ0v) is 27.6. The zero-order valence-electron chi connectivity index (χ0n) is 25.3. The van der Waals surface area contributed by atoms with Crippen LogP contribution in [0.25, 0.3) is 17.0 Å². The number of rotatable bonds is 5. The third-order valence-corrected chi connectivity index (χ3v) is 10.4. The van der Waals surface area contributed by atoms with Gasteiger partial charge in [-0.05, 0) is 57.2 Å². The fourth-order valence-electron chi connectivity index (χ4n) is 5.51. The lowest BCUT2D eigenvalue weighted by atomic mass is 10.0. The van der Waals surface area contributed by atoms with Crippen molar-refractivity contribution in [3.63, 3.8) is 0 Å². The Hall–Kier alpha value is -4.03. The molecule has 1 amide bonds. The van der Waals surface area contributed by atoms with Crippen molar-refractivity contribution < 1.29 is 32.6 Å². The van der Waals surface area contributed by atoms with E-state index >= 15 is 0 Å². The minimum Gasteiger partial charge on any atom is -0.507 e. The van der Waals surface area contributed by atoms with Gasteiger partial charge in [0.2, 0.25) is 5.78 Å². The fourth-order valence-corrected chi connectivity index (χ4v) is 7.63. The van der Waals surface area contributed by atoms with E-state index in [1.54, 1.807) is 29.2 Å². The van der Waals surface area contributed by atoms with Gasteiger partial charge in [-0.3, -0.25) is 9.69 Å². The number of ether oxygens (including phenoxy) is 2. The van der Waals surface area contributed by atoms with Crippen molar-refractivity contribution in [1.82, 2.24) is 13.8 Å². The van der Waals surface area contributed by atoms with E-state index in [1.165, 1.54) is 42.6 Å². The second-order valence-corrected chi connectivity index (χ2v) is 14.6. The molecule has 13 heteroatoms. The summed E-state index contributed by atoms with van der Waals surface area (Å²) < 4.78 is 40.2. The number of para-hydroxylation sites is 1. The molecule has 2 aliphatic heterocycles. The van der Waals surface area contributed by atoms with Gasteiger partial charge in [0.1, 0.15) is 22.0 Å². The molecule has 1 fully saturated rings. The highest BCUT2D eigenvalue weighted by Crippen LogP contribution is 2.41. The number of allylic oxidation sites excluding steroid dienone is 1. The molecule has 3 aromatic carbocycles. The summed E-state index contributed by atoms with van der Waals surface area (Å²) in [5.41, 5.74) is 0.941. The van der Waals surface area contributed by atoms with E-state index in [4.69, 9.17) is 32.7 Å². The summed E-state index contributed by atoms with van der Waals surface area (Å²) in [7, 11) is -4.17. The molecule has 0 unspecified atom stereocenters. The van der Waals surface area contributed by atoms with Gasteiger partial charge in [-0.15, -0.1) is 0 Å². The highest BCUT2D eigenvalue weighted by Gasteiger charge is 2.34. The molecule has 1 aromatic heterocycles. The molecule has 240 valence electrons. The summed E-state index contributed by atoms with van der Waals surface area (Å²) in [4.78, 5) is 29.6. The van der Waals surface area contributed by atoms with Crippen molar-refractivity contribution in [2.24, 2.45) is 0 Å². The van der Waals surface area contributed by atoms with Crippen molar-refractivity contribution in [3.05, 3.63) is 93.3 Å². The Morgan fingerprint density at radius 1 is 1.02 bits per heavy atom. The summed E-state index contributed by atoms with van der Waals surface area (Å²) in [5.74, 6) is -0.197. The number of phenolic OH excluding ortho intramolecular Hbond substituents is 1. The number of halogens is 2. The Bertz CT molecular complexity index is 2020. The lowest BCUT2D eigenvalue weighted by Crippen LogP contribution is -2.49. The number of benzene rings is 3. The van der Waals surface area contributed by atoms with Gasteiger partial charge in [0.15, 0.2) is 5.76 Å². The number of Topliss-reactive ketones (excluding diaryl/α,β-unsaturated/α-hetero) is 1. The van der Waals surface area contributed by atoms with Crippen LogP contribution in [-0.2, 0) is 21.3 Å². The number of nitrogens with zero attached hydrogens (tertiary/aromatic N) is 3. The molecule has 2 aliphatic rings. The Labute approximate surface area is 276 Å². The van der Waals surface area contributed by atoms with Crippen LogP contribution in [0.2, 0.25) is 10.0 Å². The van der Waals surface area contributed by atoms with E-state index < -0.39 is 21.4 Å². The van der Waals surface area contributed by atoms with Crippen LogP contribution in [0.3, 0.4) is 0 Å². The van der Waals surface area contributed by atoms with Crippen molar-refractivity contribution in [2.45, 2.75) is 37.8 Å². The van der Waals surface area contributed by atoms with Gasteiger partial charge < -0.3 is 19.5 Å². The second-order valence-electron chi connectivity index (χ2n) is 12.1. The normalized spacial score (nSPS) is 16.6. The Kier molecular flexibility index (Phi) is 8.30. The summed E-state index contributed by atoms with van der Waals surface area (Å²) in [5, 5.41) is 11.4. The standard InChI is InChI=1S/C33H31Cl2N3O7S/c1-33(2,3)45-32(41)37-15-13-36(14-16-37)19-23-26(39)12-11-22-30(40)27(44-31(22)23)17-20-18-38(25-9-5-4-7-21(20)25)46(42,43)28-10-6-8-24(34)29(28)35/h4-12,17-18,39H,13-16,19H2,1-3H3/b27-17-. The molecule has 1 N–H and O–H groups in total. The average molecular weight is 685 g/mol. The zero-order chi connectivity index (χ0) is 33.0. The Morgan fingerprint density at radius 2 is 1.74 bits per heavy atom. The van der Waals surface area contributed by atoms with E-state index in [0.717, 1.165) is 3.97 Å². The van der Waals surface area contributed by atoms with Crippen LogP contribution in [-0.4, -0.2) is 71.0 Å². The number of phenols is 1. The summed E-state index contributed by atoms with van der Waals surface area (Å²) in [6.45, 7) is 7.71. The first-order valence-electron chi connectivity index (χ1n) is 14.5. The highest BCUT2D eigenvalue weighted by molar-refractivity contribution is 7.90. The average Bonchev–Trinajstić information content (AvgIpc) is 3.53. The van der Waals surface area contributed by atoms with Crippen molar-refractivity contribution in [1.29, 1.82) is 0 Å². The number of aromatic nitrogens is 1. The number of ketones is 1. The molecule has 0 aliphatic carbocycles. The second kappa shape index (κ2) is 12.0. The molecule has 1 saturated heterocycles. The van der Waals surface area contributed by atoms with Gasteiger partial charge in [-0.25, -0.2) is 17.2 Å². The first-order chi connectivity index (χ1) is 21.7. The minimum absolute atomic E-state index is 0.0160. The van der Waals surface area contributed by atoms with Gasteiger partial charge in [-0.2, -0.15) is 0 Å². The number of fused-ring (bicyclic) bond motifs is 2. The summed E-state index contributed by atoms with van der Waals surface area (Å²) in [6, 6.07) is 14.2. The van der Waals surface area contributed by atoms with Gasteiger partial charge in [0.25, 0.3) is 10.0 Å². The lowest BCUT2D eigenvalue weighted by Gasteiger charge is -2.35.